The lowest BCUT2D eigenvalue weighted by atomic mass is 9.86. The van der Waals surface area contributed by atoms with Crippen molar-refractivity contribution < 1.29 is 14.7 Å². The van der Waals surface area contributed by atoms with Crippen LogP contribution in [0.3, 0.4) is 0 Å². The van der Waals surface area contributed by atoms with Crippen molar-refractivity contribution in [1.29, 1.82) is 5.26 Å². The van der Waals surface area contributed by atoms with Gasteiger partial charge in [-0.15, -0.1) is 0 Å². The second-order valence-corrected chi connectivity index (χ2v) is 5.16. The molecule has 0 spiro atoms. The molecule has 1 fully saturated rings. The first kappa shape index (κ1) is 14.1. The van der Waals surface area contributed by atoms with Gasteiger partial charge in [0.25, 0.3) is 5.91 Å². The van der Waals surface area contributed by atoms with Crippen molar-refractivity contribution >= 4 is 11.9 Å². The first-order valence-corrected chi connectivity index (χ1v) is 6.59. The summed E-state index contributed by atoms with van der Waals surface area (Å²) in [7, 11) is 0. The zero-order valence-electron chi connectivity index (χ0n) is 11.1. The highest BCUT2D eigenvalue weighted by Gasteiger charge is 2.41. The molecular weight excluding hydrogens is 256 g/mol. The Hall–Kier alpha value is -2.35. The van der Waals surface area contributed by atoms with Gasteiger partial charge in [-0.1, -0.05) is 12.8 Å². The number of nitrogens with one attached hydrogen (secondary N) is 1. The number of aliphatic carboxylic acids is 1. The van der Waals surface area contributed by atoms with E-state index in [1.165, 1.54) is 0 Å². The van der Waals surface area contributed by atoms with E-state index in [2.05, 4.69) is 5.32 Å². The number of amides is 1. The summed E-state index contributed by atoms with van der Waals surface area (Å²) in [6.07, 6.45) is 2.99. The fraction of sp³-hybridized carbons (Fsp3) is 0.400. The van der Waals surface area contributed by atoms with Gasteiger partial charge in [0, 0.05) is 12.1 Å². The molecule has 1 saturated carbocycles. The molecule has 0 aliphatic heterocycles. The van der Waals surface area contributed by atoms with Crippen LogP contribution in [0.15, 0.2) is 24.3 Å². The molecule has 2 N–H and O–H groups in total. The van der Waals surface area contributed by atoms with E-state index in [-0.39, 0.29) is 12.5 Å². The van der Waals surface area contributed by atoms with Gasteiger partial charge in [0.15, 0.2) is 0 Å². The molecule has 0 bridgehead atoms. The Morgan fingerprint density at radius 3 is 2.35 bits per heavy atom. The minimum Gasteiger partial charge on any atom is -0.481 e. The maximum absolute atomic E-state index is 12.0. The molecule has 5 heteroatoms. The lowest BCUT2D eigenvalue weighted by Gasteiger charge is -2.23. The topological polar surface area (TPSA) is 90.2 Å². The van der Waals surface area contributed by atoms with E-state index in [1.807, 2.05) is 6.07 Å². The zero-order chi connectivity index (χ0) is 14.6. The van der Waals surface area contributed by atoms with Gasteiger partial charge < -0.3 is 10.4 Å². The molecule has 104 valence electrons. The number of nitriles is 1. The summed E-state index contributed by atoms with van der Waals surface area (Å²) in [4.78, 5) is 23.3. The summed E-state index contributed by atoms with van der Waals surface area (Å²) in [5.74, 6) is -1.14. The normalized spacial score (nSPS) is 16.4. The van der Waals surface area contributed by atoms with Crippen molar-refractivity contribution in [2.24, 2.45) is 5.41 Å². The highest BCUT2D eigenvalue weighted by Crippen LogP contribution is 2.37. The maximum atomic E-state index is 12.0. The Kier molecular flexibility index (Phi) is 4.04. The number of carbonyl (C=O) groups excluding carboxylic acids is 1. The van der Waals surface area contributed by atoms with Crippen LogP contribution in [-0.4, -0.2) is 23.5 Å². The Morgan fingerprint density at radius 1 is 1.25 bits per heavy atom. The molecule has 0 saturated heterocycles. The van der Waals surface area contributed by atoms with Gasteiger partial charge in [-0.05, 0) is 37.1 Å². The van der Waals surface area contributed by atoms with Crippen LogP contribution < -0.4 is 5.32 Å². The van der Waals surface area contributed by atoms with Gasteiger partial charge in [0.2, 0.25) is 0 Å². The van der Waals surface area contributed by atoms with Crippen molar-refractivity contribution in [1.82, 2.24) is 5.32 Å². The molecule has 1 amide bonds. The summed E-state index contributed by atoms with van der Waals surface area (Å²) in [5, 5.41) is 20.7. The first-order valence-electron chi connectivity index (χ1n) is 6.59. The Morgan fingerprint density at radius 2 is 1.85 bits per heavy atom. The van der Waals surface area contributed by atoms with E-state index in [4.69, 9.17) is 5.26 Å². The second kappa shape index (κ2) is 5.74. The molecule has 20 heavy (non-hydrogen) atoms. The molecule has 5 nitrogen and oxygen atoms in total. The van der Waals surface area contributed by atoms with Crippen molar-refractivity contribution in [3.05, 3.63) is 35.4 Å². The number of carboxylic acid groups (broad SMARTS) is 1. The summed E-state index contributed by atoms with van der Waals surface area (Å²) in [6, 6.07) is 8.25. The van der Waals surface area contributed by atoms with Gasteiger partial charge in [0.1, 0.15) is 0 Å². The minimum atomic E-state index is -0.838. The number of nitrogens with zero attached hydrogens (tertiary/aromatic N) is 1. The molecule has 0 radical (unpaired) electrons. The average molecular weight is 272 g/mol. The zero-order valence-corrected chi connectivity index (χ0v) is 11.1. The maximum Gasteiger partial charge on any atom is 0.311 e. The van der Waals surface area contributed by atoms with E-state index in [0.717, 1.165) is 12.8 Å². The van der Waals surface area contributed by atoms with Crippen molar-refractivity contribution in [2.75, 3.05) is 6.54 Å². The van der Waals surface area contributed by atoms with Crippen LogP contribution in [0.25, 0.3) is 0 Å². The van der Waals surface area contributed by atoms with Gasteiger partial charge in [-0.25, -0.2) is 0 Å². The molecule has 2 rings (SSSR count). The standard InChI is InChI=1S/C15H16N2O3/c16-9-11-3-5-12(6-4-11)13(18)17-10-15(14(19)20)7-1-2-8-15/h3-6H,1-2,7-8,10H2,(H,17,18)(H,19,20). The summed E-state index contributed by atoms with van der Waals surface area (Å²) >= 11 is 0. The fourth-order valence-electron chi connectivity index (χ4n) is 2.57. The van der Waals surface area contributed by atoms with E-state index >= 15 is 0 Å². The van der Waals surface area contributed by atoms with Crippen molar-refractivity contribution in [2.45, 2.75) is 25.7 Å². The van der Waals surface area contributed by atoms with Crippen LogP contribution in [0.4, 0.5) is 0 Å². The van der Waals surface area contributed by atoms with Gasteiger partial charge in [0.05, 0.1) is 17.0 Å². The summed E-state index contributed by atoms with van der Waals surface area (Å²) in [6.45, 7) is 0.154. The highest BCUT2D eigenvalue weighted by atomic mass is 16.4. The summed E-state index contributed by atoms with van der Waals surface area (Å²) in [5.41, 5.74) is 0.101. The molecule has 1 aromatic carbocycles. The molecule has 0 atom stereocenters. The minimum absolute atomic E-state index is 0.154. The largest absolute Gasteiger partial charge is 0.481 e. The SMILES string of the molecule is N#Cc1ccc(C(=O)NCC2(C(=O)O)CCCC2)cc1. The molecule has 0 aromatic heterocycles. The quantitative estimate of drug-likeness (QED) is 0.876. The number of hydrogen-bond acceptors (Lipinski definition) is 3. The van der Waals surface area contributed by atoms with Crippen LogP contribution in [0.5, 0.6) is 0 Å². The lowest BCUT2D eigenvalue weighted by molar-refractivity contribution is -0.148. The van der Waals surface area contributed by atoms with Gasteiger partial charge in [-0.3, -0.25) is 9.59 Å². The molecule has 1 aliphatic carbocycles. The van der Waals surface area contributed by atoms with Gasteiger partial charge >= 0.3 is 5.97 Å². The molecule has 1 aliphatic rings. The second-order valence-electron chi connectivity index (χ2n) is 5.16. The highest BCUT2D eigenvalue weighted by molar-refractivity contribution is 5.94. The van der Waals surface area contributed by atoms with Crippen LogP contribution in [0.2, 0.25) is 0 Å². The van der Waals surface area contributed by atoms with Crippen LogP contribution in [0, 0.1) is 16.7 Å². The molecule has 0 heterocycles. The van der Waals surface area contributed by atoms with Crippen LogP contribution in [0.1, 0.15) is 41.6 Å². The first-order chi connectivity index (χ1) is 9.57. The van der Waals surface area contributed by atoms with Crippen molar-refractivity contribution in [3.8, 4) is 6.07 Å². The number of rotatable bonds is 4. The third-order valence-corrected chi connectivity index (χ3v) is 3.88. The third-order valence-electron chi connectivity index (χ3n) is 3.88. The fourth-order valence-corrected chi connectivity index (χ4v) is 2.57. The molecule has 1 aromatic rings. The third kappa shape index (κ3) is 2.80. The van der Waals surface area contributed by atoms with E-state index in [1.54, 1.807) is 24.3 Å². The van der Waals surface area contributed by atoms with Crippen molar-refractivity contribution in [3.63, 3.8) is 0 Å². The number of hydrogen-bond donors (Lipinski definition) is 2. The summed E-state index contributed by atoms with van der Waals surface area (Å²) < 4.78 is 0. The number of benzene rings is 1. The van der Waals surface area contributed by atoms with Crippen LogP contribution in [-0.2, 0) is 4.79 Å². The monoisotopic (exact) mass is 272 g/mol. The Balaban J connectivity index is 2.01. The van der Waals surface area contributed by atoms with E-state index in [9.17, 15) is 14.7 Å². The Labute approximate surface area is 117 Å². The molecule has 0 unspecified atom stereocenters. The number of carboxylic acids is 1. The molecular formula is C15H16N2O3. The Bertz CT molecular complexity index is 551. The van der Waals surface area contributed by atoms with E-state index in [0.29, 0.717) is 24.0 Å². The average Bonchev–Trinajstić information content (AvgIpc) is 2.95. The predicted molar refractivity (Wildman–Crippen MR) is 72.0 cm³/mol. The van der Waals surface area contributed by atoms with E-state index < -0.39 is 11.4 Å². The number of carbonyl (C=O) groups is 2. The van der Waals surface area contributed by atoms with Crippen LogP contribution >= 0.6 is 0 Å². The van der Waals surface area contributed by atoms with Gasteiger partial charge in [-0.2, -0.15) is 5.26 Å². The smallest absolute Gasteiger partial charge is 0.311 e. The predicted octanol–water partition coefficient (Wildman–Crippen LogP) is 1.93. The lowest BCUT2D eigenvalue weighted by Crippen LogP contribution is -2.41.